The van der Waals surface area contributed by atoms with Crippen molar-refractivity contribution in [2.24, 2.45) is 0 Å². The molecule has 0 heterocycles. The number of nitrogens with one attached hydrogen (secondary N) is 1. The maximum absolute atomic E-state index is 12.6. The van der Waals surface area contributed by atoms with Crippen LogP contribution in [0.3, 0.4) is 0 Å². The van der Waals surface area contributed by atoms with E-state index in [0.29, 0.717) is 29.3 Å². The lowest BCUT2D eigenvalue weighted by atomic mass is 10.1. The molecule has 0 saturated heterocycles. The first-order valence-corrected chi connectivity index (χ1v) is 10.7. The predicted molar refractivity (Wildman–Crippen MR) is 110 cm³/mol. The summed E-state index contributed by atoms with van der Waals surface area (Å²) in [7, 11) is -0.218. The fraction of sp³-hybridized carbons (Fsp3) is 0.350. The topological polar surface area (TPSA) is 84.9 Å². The molecule has 8 heteroatoms. The summed E-state index contributed by atoms with van der Waals surface area (Å²) in [6, 6.07) is 11.5. The van der Waals surface area contributed by atoms with Gasteiger partial charge in [-0.2, -0.15) is 0 Å². The lowest BCUT2D eigenvalue weighted by molar-refractivity contribution is 0.0939. The minimum atomic E-state index is -3.36. The second-order valence-electron chi connectivity index (χ2n) is 6.28. The lowest BCUT2D eigenvalue weighted by Gasteiger charge is -2.21. The third-order valence-electron chi connectivity index (χ3n) is 4.36. The van der Waals surface area contributed by atoms with Crippen molar-refractivity contribution in [1.82, 2.24) is 5.32 Å². The van der Waals surface area contributed by atoms with Crippen molar-refractivity contribution in [2.75, 3.05) is 31.3 Å². The number of sulfonamides is 1. The van der Waals surface area contributed by atoms with E-state index in [4.69, 9.17) is 9.47 Å². The van der Waals surface area contributed by atoms with Crippen molar-refractivity contribution in [2.45, 2.75) is 19.9 Å². The molecule has 1 amide bonds. The van der Waals surface area contributed by atoms with Gasteiger partial charge in [-0.25, -0.2) is 8.42 Å². The number of anilines is 1. The Hall–Kier alpha value is -2.74. The average molecular weight is 407 g/mol. The molecule has 0 radical (unpaired) electrons. The Kier molecular flexibility index (Phi) is 6.90. The van der Waals surface area contributed by atoms with Gasteiger partial charge in [-0.1, -0.05) is 0 Å². The molecule has 152 valence electrons. The molecule has 2 rings (SSSR count). The number of amides is 1. The minimum Gasteiger partial charge on any atom is -0.497 e. The highest BCUT2D eigenvalue weighted by atomic mass is 32.2. The molecule has 2 aromatic carbocycles. The van der Waals surface area contributed by atoms with Crippen LogP contribution >= 0.6 is 0 Å². The molecule has 1 N–H and O–H groups in total. The molecule has 0 aromatic heterocycles. The van der Waals surface area contributed by atoms with Gasteiger partial charge in [0.2, 0.25) is 10.0 Å². The van der Waals surface area contributed by atoms with Crippen molar-refractivity contribution in [3.8, 4) is 11.5 Å². The highest BCUT2D eigenvalue weighted by Crippen LogP contribution is 2.29. The second kappa shape index (κ2) is 8.97. The zero-order chi connectivity index (χ0) is 20.9. The summed E-state index contributed by atoms with van der Waals surface area (Å²) >= 11 is 0. The van der Waals surface area contributed by atoms with Gasteiger partial charge in [-0.15, -0.1) is 0 Å². The van der Waals surface area contributed by atoms with E-state index in [2.05, 4.69) is 5.32 Å². The summed E-state index contributed by atoms with van der Waals surface area (Å²) in [5.74, 6) is 1.05. The molecule has 0 aliphatic heterocycles. The molecule has 2 aromatic rings. The lowest BCUT2D eigenvalue weighted by Crippen LogP contribution is -2.30. The molecule has 0 aliphatic rings. The van der Waals surface area contributed by atoms with Gasteiger partial charge in [-0.05, 0) is 56.3 Å². The first-order valence-electron chi connectivity index (χ1n) is 8.81. The Balaban J connectivity index is 2.19. The second-order valence-corrected chi connectivity index (χ2v) is 8.18. The first kappa shape index (κ1) is 21.6. The van der Waals surface area contributed by atoms with E-state index in [0.717, 1.165) is 11.8 Å². The Bertz CT molecular complexity index is 926. The van der Waals surface area contributed by atoms with Crippen molar-refractivity contribution in [1.29, 1.82) is 0 Å². The van der Waals surface area contributed by atoms with Gasteiger partial charge in [0.25, 0.3) is 5.91 Å². The monoisotopic (exact) mass is 406 g/mol. The highest BCUT2D eigenvalue weighted by Gasteiger charge is 2.18. The van der Waals surface area contributed by atoms with Crippen molar-refractivity contribution in [3.63, 3.8) is 0 Å². The molecule has 0 spiro atoms. The normalized spacial score (nSPS) is 12.2. The molecule has 0 saturated carbocycles. The maximum atomic E-state index is 12.6. The van der Waals surface area contributed by atoms with Gasteiger partial charge in [0, 0.05) is 17.7 Å². The predicted octanol–water partition coefficient (Wildman–Crippen LogP) is 2.98. The smallest absolute Gasteiger partial charge is 0.251 e. The van der Waals surface area contributed by atoms with Gasteiger partial charge in [0.05, 0.1) is 32.2 Å². The van der Waals surface area contributed by atoms with Crippen LogP contribution in [-0.2, 0) is 10.0 Å². The van der Waals surface area contributed by atoms with Crippen LogP contribution in [-0.4, -0.2) is 41.3 Å². The van der Waals surface area contributed by atoms with Crippen molar-refractivity contribution < 1.29 is 22.7 Å². The zero-order valence-corrected chi connectivity index (χ0v) is 17.5. The van der Waals surface area contributed by atoms with E-state index >= 15 is 0 Å². The molecular weight excluding hydrogens is 380 g/mol. The number of nitrogens with zero attached hydrogens (tertiary/aromatic N) is 1. The zero-order valence-electron chi connectivity index (χ0n) is 16.7. The van der Waals surface area contributed by atoms with E-state index in [-0.39, 0.29) is 11.9 Å². The molecule has 0 bridgehead atoms. The fourth-order valence-corrected chi connectivity index (χ4v) is 3.90. The van der Waals surface area contributed by atoms with Crippen LogP contribution in [0.5, 0.6) is 11.5 Å². The molecule has 28 heavy (non-hydrogen) atoms. The summed E-state index contributed by atoms with van der Waals surface area (Å²) in [6.45, 7) is 3.92. The van der Waals surface area contributed by atoms with E-state index < -0.39 is 10.0 Å². The van der Waals surface area contributed by atoms with Crippen LogP contribution in [0.25, 0.3) is 0 Å². The molecule has 7 nitrogen and oxygen atoms in total. The molecule has 0 aliphatic carbocycles. The van der Waals surface area contributed by atoms with Crippen LogP contribution in [0.1, 0.15) is 35.8 Å². The number of benzene rings is 2. The highest BCUT2D eigenvalue weighted by molar-refractivity contribution is 7.92. The van der Waals surface area contributed by atoms with E-state index in [9.17, 15) is 13.2 Å². The van der Waals surface area contributed by atoms with Gasteiger partial charge < -0.3 is 14.8 Å². The molecular formula is C20H26N2O5S. The van der Waals surface area contributed by atoms with E-state index in [1.165, 1.54) is 4.31 Å². The van der Waals surface area contributed by atoms with Crippen LogP contribution in [0.2, 0.25) is 0 Å². The summed E-state index contributed by atoms with van der Waals surface area (Å²) in [5, 5.41) is 2.93. The van der Waals surface area contributed by atoms with Gasteiger partial charge in [0.15, 0.2) is 0 Å². The molecule has 1 atom stereocenters. The number of carbonyl (C=O) groups is 1. The molecule has 0 fully saturated rings. The number of hydrogen-bond donors (Lipinski definition) is 1. The number of methoxy groups -OCH3 is 2. The van der Waals surface area contributed by atoms with E-state index in [1.807, 2.05) is 13.0 Å². The van der Waals surface area contributed by atoms with Crippen LogP contribution in [0.15, 0.2) is 42.5 Å². The maximum Gasteiger partial charge on any atom is 0.251 e. The summed E-state index contributed by atoms with van der Waals surface area (Å²) in [4.78, 5) is 12.6. The fourth-order valence-electron chi connectivity index (χ4n) is 2.92. The third-order valence-corrected chi connectivity index (χ3v) is 5.63. The largest absolute Gasteiger partial charge is 0.497 e. The Labute approximate surface area is 166 Å². The quantitative estimate of drug-likeness (QED) is 0.728. The van der Waals surface area contributed by atoms with Gasteiger partial charge in [0.1, 0.15) is 11.5 Å². The van der Waals surface area contributed by atoms with Crippen LogP contribution < -0.4 is 19.1 Å². The van der Waals surface area contributed by atoms with Crippen LogP contribution in [0, 0.1) is 0 Å². The third kappa shape index (κ3) is 4.95. The SMILES string of the molecule is CCN(c1ccc(C(=O)N[C@@H](C)c2cc(OC)ccc2OC)cc1)S(C)(=O)=O. The van der Waals surface area contributed by atoms with Gasteiger partial charge in [-0.3, -0.25) is 9.10 Å². The van der Waals surface area contributed by atoms with Crippen molar-refractivity contribution >= 4 is 21.6 Å². The number of ether oxygens (including phenoxy) is 2. The Morgan fingerprint density at radius 3 is 2.25 bits per heavy atom. The number of rotatable bonds is 8. The Morgan fingerprint density at radius 2 is 1.75 bits per heavy atom. The minimum absolute atomic E-state index is 0.272. The summed E-state index contributed by atoms with van der Waals surface area (Å²) in [6.07, 6.45) is 1.15. The number of carbonyl (C=O) groups excluding carboxylic acids is 1. The average Bonchev–Trinajstić information content (AvgIpc) is 2.67. The number of hydrogen-bond acceptors (Lipinski definition) is 5. The summed E-state index contributed by atoms with van der Waals surface area (Å²) in [5.41, 5.74) is 1.74. The Morgan fingerprint density at radius 1 is 1.11 bits per heavy atom. The van der Waals surface area contributed by atoms with Crippen LogP contribution in [0.4, 0.5) is 5.69 Å². The van der Waals surface area contributed by atoms with E-state index in [1.54, 1.807) is 57.5 Å². The van der Waals surface area contributed by atoms with Gasteiger partial charge >= 0.3 is 0 Å². The van der Waals surface area contributed by atoms with Crippen molar-refractivity contribution in [3.05, 3.63) is 53.6 Å². The first-order chi connectivity index (χ1) is 13.2. The standard InChI is InChI=1S/C20H26N2O5S/c1-6-22(28(5,24)25)16-9-7-15(8-10-16)20(23)21-14(2)18-13-17(26-3)11-12-19(18)27-4/h7-14H,6H2,1-5H3,(H,21,23)/t14-/m0/s1. The summed E-state index contributed by atoms with van der Waals surface area (Å²) < 4.78 is 35.5. The molecule has 0 unspecified atom stereocenters.